The molecule has 1 aromatic rings. The summed E-state index contributed by atoms with van der Waals surface area (Å²) in [5.74, 6) is 0. The molecule has 64 valence electrons. The molecule has 12 heavy (non-hydrogen) atoms. The Balaban J connectivity index is 3.43. The smallest absolute Gasteiger partial charge is 0.176 e. The molecule has 0 N–H and O–H groups in total. The lowest BCUT2D eigenvalue weighted by molar-refractivity contribution is 0.601. The molecule has 3 heteroatoms. The molecule has 1 aromatic carbocycles. The van der Waals surface area contributed by atoms with Gasteiger partial charge in [0, 0.05) is 6.26 Å². The minimum absolute atomic E-state index is 0.333. The molecule has 0 aliphatic rings. The van der Waals surface area contributed by atoms with Gasteiger partial charge < -0.3 is 0 Å². The third-order valence-electron chi connectivity index (χ3n) is 1.54. The average molecular weight is 182 g/mol. The predicted octanol–water partition coefficient (Wildman–Crippen LogP) is 1.73. The highest BCUT2D eigenvalue weighted by Gasteiger charge is 2.09. The molecule has 0 saturated heterocycles. The molecule has 1 rings (SSSR count). The Morgan fingerprint density at radius 3 is 2.33 bits per heavy atom. The summed E-state index contributed by atoms with van der Waals surface area (Å²) in [4.78, 5) is 0.333. The summed E-state index contributed by atoms with van der Waals surface area (Å²) in [6.45, 7) is 3.54. The van der Waals surface area contributed by atoms with Crippen molar-refractivity contribution in [1.82, 2.24) is 0 Å². The Morgan fingerprint density at radius 1 is 1.33 bits per heavy atom. The second-order valence-corrected chi connectivity index (χ2v) is 4.50. The summed E-state index contributed by atoms with van der Waals surface area (Å²) in [7, 11) is -3.12. The van der Waals surface area contributed by atoms with Crippen molar-refractivity contribution in [3.05, 3.63) is 36.4 Å². The third-order valence-corrected chi connectivity index (χ3v) is 2.71. The van der Waals surface area contributed by atoms with Crippen LogP contribution in [0.25, 0.3) is 6.08 Å². The van der Waals surface area contributed by atoms with Crippen LogP contribution in [0.4, 0.5) is 0 Å². The molecule has 0 saturated carbocycles. The molecule has 0 aliphatic heterocycles. The van der Waals surface area contributed by atoms with Gasteiger partial charge in [-0.3, -0.25) is 0 Å². The quantitative estimate of drug-likeness (QED) is 0.698. The maximum atomic E-state index is 11.2. The topological polar surface area (TPSA) is 34.1 Å². The van der Waals surface area contributed by atoms with E-state index in [4.69, 9.17) is 0 Å². The van der Waals surface area contributed by atoms with Gasteiger partial charge in [-0.05, 0) is 11.6 Å². The molecule has 0 unspecified atom stereocenters. The number of hydrogen-bond acceptors (Lipinski definition) is 2. The van der Waals surface area contributed by atoms with Crippen LogP contribution in [-0.4, -0.2) is 14.7 Å². The van der Waals surface area contributed by atoms with Gasteiger partial charge in [0.1, 0.15) is 0 Å². The number of sulfone groups is 1. The van der Waals surface area contributed by atoms with E-state index in [0.717, 1.165) is 0 Å². The van der Waals surface area contributed by atoms with Crippen molar-refractivity contribution < 1.29 is 8.42 Å². The van der Waals surface area contributed by atoms with E-state index in [2.05, 4.69) is 6.58 Å². The predicted molar refractivity (Wildman–Crippen MR) is 49.6 cm³/mol. The van der Waals surface area contributed by atoms with Gasteiger partial charge in [-0.1, -0.05) is 30.9 Å². The highest BCUT2D eigenvalue weighted by Crippen LogP contribution is 2.15. The van der Waals surface area contributed by atoms with Gasteiger partial charge in [-0.25, -0.2) is 8.42 Å². The Hall–Kier alpha value is -1.09. The Bertz CT molecular complexity index is 391. The van der Waals surface area contributed by atoms with Crippen molar-refractivity contribution in [1.29, 1.82) is 0 Å². The molecule has 0 bridgehead atoms. The van der Waals surface area contributed by atoms with Crippen molar-refractivity contribution in [2.75, 3.05) is 6.26 Å². The van der Waals surface area contributed by atoms with Crippen LogP contribution < -0.4 is 0 Å². The minimum Gasteiger partial charge on any atom is -0.224 e. The van der Waals surface area contributed by atoms with Gasteiger partial charge >= 0.3 is 0 Å². The lowest BCUT2D eigenvalue weighted by Crippen LogP contribution is -1.98. The first-order chi connectivity index (χ1) is 5.55. The monoisotopic (exact) mass is 182 g/mol. The van der Waals surface area contributed by atoms with Crippen molar-refractivity contribution >= 4 is 15.9 Å². The second-order valence-electron chi connectivity index (χ2n) is 2.51. The Labute approximate surface area is 72.5 Å². The van der Waals surface area contributed by atoms with Crippen LogP contribution in [0.1, 0.15) is 5.56 Å². The molecule has 0 heterocycles. The summed E-state index contributed by atoms with van der Waals surface area (Å²) in [6.07, 6.45) is 2.73. The summed E-state index contributed by atoms with van der Waals surface area (Å²) in [5, 5.41) is 0. The van der Waals surface area contributed by atoms with E-state index in [1.807, 2.05) is 0 Å². The minimum atomic E-state index is -3.12. The van der Waals surface area contributed by atoms with E-state index in [-0.39, 0.29) is 0 Å². The molecular formula is C9H10O2S. The van der Waals surface area contributed by atoms with Crippen molar-refractivity contribution in [2.45, 2.75) is 4.90 Å². The van der Waals surface area contributed by atoms with Crippen LogP contribution in [0.15, 0.2) is 35.7 Å². The maximum Gasteiger partial charge on any atom is 0.176 e. The van der Waals surface area contributed by atoms with E-state index >= 15 is 0 Å². The number of benzene rings is 1. The van der Waals surface area contributed by atoms with Crippen molar-refractivity contribution in [2.24, 2.45) is 0 Å². The first-order valence-corrected chi connectivity index (χ1v) is 5.36. The number of hydrogen-bond donors (Lipinski definition) is 0. The van der Waals surface area contributed by atoms with Crippen LogP contribution in [0.5, 0.6) is 0 Å². The first-order valence-electron chi connectivity index (χ1n) is 3.47. The largest absolute Gasteiger partial charge is 0.224 e. The van der Waals surface area contributed by atoms with Gasteiger partial charge in [0.05, 0.1) is 4.90 Å². The van der Waals surface area contributed by atoms with E-state index < -0.39 is 9.84 Å². The molecule has 0 spiro atoms. The zero-order chi connectivity index (χ0) is 9.19. The van der Waals surface area contributed by atoms with E-state index in [9.17, 15) is 8.42 Å². The van der Waals surface area contributed by atoms with Crippen LogP contribution >= 0.6 is 0 Å². The maximum absolute atomic E-state index is 11.2. The van der Waals surface area contributed by atoms with E-state index in [0.29, 0.717) is 10.5 Å². The van der Waals surface area contributed by atoms with Crippen molar-refractivity contribution in [3.63, 3.8) is 0 Å². The normalized spacial score (nSPS) is 11.1. The Kier molecular flexibility index (Phi) is 2.33. The molecular weight excluding hydrogens is 172 g/mol. The van der Waals surface area contributed by atoms with E-state index in [1.165, 1.54) is 12.3 Å². The SMILES string of the molecule is C=Cc1ccccc1S(C)(=O)=O. The summed E-state index contributed by atoms with van der Waals surface area (Å²) in [6, 6.07) is 6.78. The summed E-state index contributed by atoms with van der Waals surface area (Å²) in [5.41, 5.74) is 0.653. The van der Waals surface area contributed by atoms with Crippen LogP contribution in [0.2, 0.25) is 0 Å². The first kappa shape index (κ1) is 9.00. The van der Waals surface area contributed by atoms with E-state index in [1.54, 1.807) is 24.3 Å². The zero-order valence-electron chi connectivity index (χ0n) is 6.82. The zero-order valence-corrected chi connectivity index (χ0v) is 7.64. The van der Waals surface area contributed by atoms with Gasteiger partial charge in [0.25, 0.3) is 0 Å². The fraction of sp³-hybridized carbons (Fsp3) is 0.111. The third kappa shape index (κ3) is 1.74. The molecule has 2 nitrogen and oxygen atoms in total. The molecule has 0 atom stereocenters. The summed E-state index contributed by atoms with van der Waals surface area (Å²) < 4.78 is 22.3. The Morgan fingerprint density at radius 2 is 1.92 bits per heavy atom. The molecule has 0 aromatic heterocycles. The standard InChI is InChI=1S/C9H10O2S/c1-3-8-6-4-5-7-9(8)12(2,10)11/h3-7H,1H2,2H3. The second kappa shape index (κ2) is 3.11. The molecule has 0 radical (unpaired) electrons. The van der Waals surface area contributed by atoms with Crippen LogP contribution in [-0.2, 0) is 9.84 Å². The lowest BCUT2D eigenvalue weighted by atomic mass is 10.2. The highest BCUT2D eigenvalue weighted by molar-refractivity contribution is 7.90. The van der Waals surface area contributed by atoms with Gasteiger partial charge in [0.2, 0.25) is 0 Å². The van der Waals surface area contributed by atoms with Gasteiger partial charge in [-0.15, -0.1) is 0 Å². The van der Waals surface area contributed by atoms with Gasteiger partial charge in [-0.2, -0.15) is 0 Å². The fourth-order valence-electron chi connectivity index (χ4n) is 0.987. The fourth-order valence-corrected chi connectivity index (χ4v) is 1.89. The average Bonchev–Trinajstić information content (AvgIpc) is 2.03. The van der Waals surface area contributed by atoms with Crippen molar-refractivity contribution in [3.8, 4) is 0 Å². The number of rotatable bonds is 2. The molecule has 0 amide bonds. The van der Waals surface area contributed by atoms with Crippen LogP contribution in [0.3, 0.4) is 0 Å². The highest BCUT2D eigenvalue weighted by atomic mass is 32.2. The summed E-state index contributed by atoms with van der Waals surface area (Å²) >= 11 is 0. The van der Waals surface area contributed by atoms with Crippen LogP contribution in [0, 0.1) is 0 Å². The molecule has 0 aliphatic carbocycles. The van der Waals surface area contributed by atoms with Gasteiger partial charge in [0.15, 0.2) is 9.84 Å². The lowest BCUT2D eigenvalue weighted by Gasteiger charge is -2.01. The molecule has 0 fully saturated rings.